The Morgan fingerprint density at radius 2 is 2.04 bits per heavy atom. The zero-order valence-electron chi connectivity index (χ0n) is 14.9. The van der Waals surface area contributed by atoms with Crippen LogP contribution in [0.15, 0.2) is 17.2 Å². The highest BCUT2D eigenvalue weighted by Crippen LogP contribution is 2.23. The fourth-order valence-corrected chi connectivity index (χ4v) is 5.95. The fourth-order valence-electron chi connectivity index (χ4n) is 3.38. The monoisotopic (exact) mass is 422 g/mol. The van der Waals surface area contributed by atoms with E-state index in [0.29, 0.717) is 37.8 Å². The average Bonchev–Trinajstić information content (AvgIpc) is 3.13. The molecule has 2 unspecified atom stereocenters. The second-order valence-electron chi connectivity index (χ2n) is 6.78. The van der Waals surface area contributed by atoms with Crippen LogP contribution in [0.3, 0.4) is 0 Å². The highest BCUT2D eigenvalue weighted by atomic mass is 35.5. The zero-order chi connectivity index (χ0) is 18.0. The van der Waals surface area contributed by atoms with Gasteiger partial charge in [0.05, 0.1) is 0 Å². The first-order valence-corrected chi connectivity index (χ1v) is 11.3. The van der Waals surface area contributed by atoms with Crippen molar-refractivity contribution in [2.75, 3.05) is 37.7 Å². The Labute approximate surface area is 165 Å². The van der Waals surface area contributed by atoms with E-state index in [0.717, 1.165) is 24.3 Å². The number of nitrogens with zero attached hydrogens (tertiary/aromatic N) is 2. The Morgan fingerprint density at radius 1 is 1.35 bits per heavy atom. The number of aromatic nitrogens is 1. The van der Waals surface area contributed by atoms with Crippen molar-refractivity contribution in [3.8, 4) is 0 Å². The molecular weight excluding hydrogens is 396 g/mol. The van der Waals surface area contributed by atoms with Gasteiger partial charge in [0.2, 0.25) is 10.0 Å². The summed E-state index contributed by atoms with van der Waals surface area (Å²) in [7, 11) is -3.53. The van der Waals surface area contributed by atoms with Crippen LogP contribution in [0, 0.1) is 5.92 Å². The maximum Gasteiger partial charge on any atom is 0.270 e. The minimum absolute atomic E-state index is 0. The Bertz CT molecular complexity index is 717. The molecule has 0 aromatic carbocycles. The van der Waals surface area contributed by atoms with Crippen LogP contribution in [0.5, 0.6) is 0 Å². The van der Waals surface area contributed by atoms with Gasteiger partial charge in [0.25, 0.3) is 5.91 Å². The highest BCUT2D eigenvalue weighted by molar-refractivity contribution is 7.99. The number of nitrogens with one attached hydrogen (secondary N) is 1. The molecule has 26 heavy (non-hydrogen) atoms. The van der Waals surface area contributed by atoms with Crippen molar-refractivity contribution in [3.63, 3.8) is 0 Å². The number of nitrogens with two attached hydrogens (primary N) is 1. The summed E-state index contributed by atoms with van der Waals surface area (Å²) in [5, 5.41) is 0. The van der Waals surface area contributed by atoms with Crippen LogP contribution in [0.1, 0.15) is 30.3 Å². The first kappa shape index (κ1) is 21.6. The van der Waals surface area contributed by atoms with Gasteiger partial charge in [-0.15, -0.1) is 12.4 Å². The topological polar surface area (TPSA) is 99.5 Å². The number of hydrogen-bond donors (Lipinski definition) is 2. The van der Waals surface area contributed by atoms with Gasteiger partial charge in [-0.1, -0.05) is 0 Å². The van der Waals surface area contributed by atoms with Crippen LogP contribution in [0.4, 0.5) is 0 Å². The summed E-state index contributed by atoms with van der Waals surface area (Å²) in [6.45, 7) is 4.32. The molecule has 3 heterocycles. The summed E-state index contributed by atoms with van der Waals surface area (Å²) in [4.78, 5) is 17.5. The first-order valence-electron chi connectivity index (χ1n) is 8.71. The van der Waals surface area contributed by atoms with E-state index >= 15 is 0 Å². The molecule has 2 fully saturated rings. The van der Waals surface area contributed by atoms with Crippen LogP contribution in [0.2, 0.25) is 0 Å². The molecule has 2 aliphatic heterocycles. The smallest absolute Gasteiger partial charge is 0.270 e. The molecule has 1 amide bonds. The molecule has 10 heteroatoms. The summed E-state index contributed by atoms with van der Waals surface area (Å²) in [5.41, 5.74) is 6.31. The third-order valence-corrected chi connectivity index (χ3v) is 7.80. The largest absolute Gasteiger partial charge is 0.356 e. The molecule has 3 rings (SSSR count). The molecule has 0 bridgehead atoms. The minimum atomic E-state index is -3.53. The van der Waals surface area contributed by atoms with E-state index in [4.69, 9.17) is 5.73 Å². The van der Waals surface area contributed by atoms with E-state index in [-0.39, 0.29) is 29.3 Å². The number of halogens is 1. The standard InChI is InChI=1S/C16H26N4O3S2.ClH/c1-12(17)13-3-2-4-19(11-13)16(21)15-9-14(10-18-15)25(22,23)20-5-7-24-8-6-20;/h9-10,12-13,18H,2-8,11,17H2,1H3;1H. The SMILES string of the molecule is CC(N)C1CCCN(C(=O)c2cc(S(=O)(=O)N3CCSCC3)c[nH]2)C1.Cl. The van der Waals surface area contributed by atoms with Crippen molar-refractivity contribution >= 4 is 40.1 Å². The molecule has 2 saturated heterocycles. The molecule has 7 nitrogen and oxygen atoms in total. The predicted molar refractivity (Wildman–Crippen MR) is 106 cm³/mol. The number of carbonyl (C=O) groups is 1. The number of H-pyrrole nitrogens is 1. The number of likely N-dealkylation sites (tertiary alicyclic amines) is 1. The molecule has 2 aliphatic rings. The minimum Gasteiger partial charge on any atom is -0.356 e. The van der Waals surface area contributed by atoms with Gasteiger partial charge in [-0.2, -0.15) is 16.1 Å². The van der Waals surface area contributed by atoms with Gasteiger partial charge < -0.3 is 15.6 Å². The number of thioether (sulfide) groups is 1. The van der Waals surface area contributed by atoms with Gasteiger partial charge in [-0.05, 0) is 31.7 Å². The summed E-state index contributed by atoms with van der Waals surface area (Å²) in [5.74, 6) is 1.76. The van der Waals surface area contributed by atoms with Gasteiger partial charge in [0.1, 0.15) is 10.6 Å². The molecule has 0 saturated carbocycles. The van der Waals surface area contributed by atoms with Crippen molar-refractivity contribution in [3.05, 3.63) is 18.0 Å². The lowest BCUT2D eigenvalue weighted by Crippen LogP contribution is -2.45. The first-order chi connectivity index (χ1) is 11.9. The Kier molecular flexibility index (Phi) is 7.43. The molecule has 3 N–H and O–H groups in total. The number of sulfonamides is 1. The maximum absolute atomic E-state index is 12.7. The van der Waals surface area contributed by atoms with E-state index in [1.165, 1.54) is 16.6 Å². The average molecular weight is 423 g/mol. The number of piperidine rings is 1. The van der Waals surface area contributed by atoms with Crippen molar-refractivity contribution < 1.29 is 13.2 Å². The number of rotatable bonds is 4. The van der Waals surface area contributed by atoms with Gasteiger partial charge in [-0.3, -0.25) is 4.79 Å². The second-order valence-corrected chi connectivity index (χ2v) is 9.94. The van der Waals surface area contributed by atoms with Crippen LogP contribution in [0.25, 0.3) is 0 Å². The van der Waals surface area contributed by atoms with E-state index in [2.05, 4.69) is 4.98 Å². The lowest BCUT2D eigenvalue weighted by molar-refractivity contribution is 0.0655. The molecule has 1 aromatic heterocycles. The van der Waals surface area contributed by atoms with E-state index < -0.39 is 10.0 Å². The zero-order valence-corrected chi connectivity index (χ0v) is 17.3. The Hall–Kier alpha value is -0.740. The van der Waals surface area contributed by atoms with E-state index in [1.807, 2.05) is 6.92 Å². The van der Waals surface area contributed by atoms with Crippen molar-refractivity contribution in [1.82, 2.24) is 14.2 Å². The van der Waals surface area contributed by atoms with Crippen LogP contribution in [-0.2, 0) is 10.0 Å². The fraction of sp³-hybridized carbons (Fsp3) is 0.688. The second kappa shape index (κ2) is 8.97. The number of amides is 1. The summed E-state index contributed by atoms with van der Waals surface area (Å²) in [6.07, 6.45) is 3.38. The summed E-state index contributed by atoms with van der Waals surface area (Å²) in [6, 6.07) is 1.52. The third kappa shape index (κ3) is 4.56. The quantitative estimate of drug-likeness (QED) is 0.763. The molecule has 0 radical (unpaired) electrons. The van der Waals surface area contributed by atoms with Crippen molar-refractivity contribution in [1.29, 1.82) is 0 Å². The molecule has 148 valence electrons. The van der Waals surface area contributed by atoms with Gasteiger partial charge >= 0.3 is 0 Å². The lowest BCUT2D eigenvalue weighted by atomic mass is 9.92. The number of carbonyl (C=O) groups excluding carboxylic acids is 1. The van der Waals surface area contributed by atoms with Crippen LogP contribution in [-0.4, -0.2) is 72.2 Å². The number of hydrogen-bond acceptors (Lipinski definition) is 5. The maximum atomic E-state index is 12.7. The molecule has 0 spiro atoms. The van der Waals surface area contributed by atoms with E-state index in [9.17, 15) is 13.2 Å². The third-order valence-electron chi connectivity index (χ3n) is 4.98. The molecule has 2 atom stereocenters. The highest BCUT2D eigenvalue weighted by Gasteiger charge is 2.30. The van der Waals surface area contributed by atoms with Crippen molar-refractivity contribution in [2.45, 2.75) is 30.7 Å². The van der Waals surface area contributed by atoms with Gasteiger partial charge in [-0.25, -0.2) is 8.42 Å². The lowest BCUT2D eigenvalue weighted by Gasteiger charge is -2.34. The predicted octanol–water partition coefficient (Wildman–Crippen LogP) is 1.37. The van der Waals surface area contributed by atoms with Crippen LogP contribution < -0.4 is 5.73 Å². The normalized spacial score (nSPS) is 23.3. The van der Waals surface area contributed by atoms with Gasteiger partial charge in [0.15, 0.2) is 0 Å². The Morgan fingerprint density at radius 3 is 2.69 bits per heavy atom. The summed E-state index contributed by atoms with van der Waals surface area (Å²) < 4.78 is 26.9. The Balaban J connectivity index is 0.00000243. The van der Waals surface area contributed by atoms with Crippen LogP contribution >= 0.6 is 24.2 Å². The van der Waals surface area contributed by atoms with E-state index in [1.54, 1.807) is 16.7 Å². The number of aromatic amines is 1. The molecule has 1 aromatic rings. The van der Waals surface area contributed by atoms with Gasteiger partial charge in [0, 0.05) is 49.9 Å². The summed E-state index contributed by atoms with van der Waals surface area (Å²) >= 11 is 1.76. The molecular formula is C16H27ClN4O3S2. The van der Waals surface area contributed by atoms with Crippen molar-refractivity contribution in [2.24, 2.45) is 11.7 Å². The molecule has 0 aliphatic carbocycles.